The van der Waals surface area contributed by atoms with Crippen LogP contribution in [-0.4, -0.2) is 43.1 Å². The van der Waals surface area contributed by atoms with Crippen molar-refractivity contribution in [3.63, 3.8) is 0 Å². The monoisotopic (exact) mass is 464 g/mol. The maximum Gasteiger partial charge on any atom is 0.191 e. The number of rotatable bonds is 6. The van der Waals surface area contributed by atoms with Crippen LogP contribution in [-0.2, 0) is 6.54 Å². The van der Waals surface area contributed by atoms with Gasteiger partial charge in [-0.05, 0) is 50.4 Å². The lowest BCUT2D eigenvalue weighted by Crippen LogP contribution is -2.48. The second-order valence-corrected chi connectivity index (χ2v) is 6.52. The van der Waals surface area contributed by atoms with Gasteiger partial charge in [0.1, 0.15) is 0 Å². The first kappa shape index (κ1) is 21.5. The number of aliphatic imine (C=N–C) groups is 1. The first-order chi connectivity index (χ1) is 11.2. The molecule has 1 aliphatic rings. The molecule has 0 unspecified atom stereocenters. The number of hydrogen-bond donors (Lipinski definition) is 2. The molecule has 0 bridgehead atoms. The first-order valence-corrected chi connectivity index (χ1v) is 9.10. The summed E-state index contributed by atoms with van der Waals surface area (Å²) in [5.74, 6) is 0.904. The quantitative estimate of drug-likeness (QED) is 0.381. The van der Waals surface area contributed by atoms with E-state index >= 15 is 0 Å². The number of piperidine rings is 1. The summed E-state index contributed by atoms with van der Waals surface area (Å²) in [4.78, 5) is 7.25. The normalized spacial score (nSPS) is 16.5. The summed E-state index contributed by atoms with van der Waals surface area (Å²) in [5, 5.41) is 7.69. The average Bonchev–Trinajstić information content (AvgIpc) is 2.55. The molecule has 1 aromatic carbocycles. The van der Waals surface area contributed by atoms with Gasteiger partial charge in [-0.1, -0.05) is 30.7 Å². The number of nitrogens with zero attached hydrogens (tertiary/aromatic N) is 2. The standard InChI is InChI=1S/C18H29ClN4.HI/c1-3-10-23-11-8-17(9-12-23)22-18(20-4-2)21-14-15-6-5-7-16(19)13-15;/h5-7,13,17H,3-4,8-12,14H2,1-2H3,(H2,20,21,22);1H. The van der Waals surface area contributed by atoms with Gasteiger partial charge in [0.15, 0.2) is 5.96 Å². The van der Waals surface area contributed by atoms with Gasteiger partial charge < -0.3 is 15.5 Å². The van der Waals surface area contributed by atoms with Crippen LogP contribution in [0.2, 0.25) is 5.02 Å². The Morgan fingerprint density at radius 3 is 2.67 bits per heavy atom. The van der Waals surface area contributed by atoms with Crippen molar-refractivity contribution in [1.82, 2.24) is 15.5 Å². The van der Waals surface area contributed by atoms with Crippen LogP contribution < -0.4 is 10.6 Å². The van der Waals surface area contributed by atoms with Crippen LogP contribution in [0.4, 0.5) is 0 Å². The molecule has 6 heteroatoms. The van der Waals surface area contributed by atoms with Gasteiger partial charge in [0.25, 0.3) is 0 Å². The van der Waals surface area contributed by atoms with Crippen molar-refractivity contribution in [2.24, 2.45) is 4.99 Å². The molecule has 1 saturated heterocycles. The van der Waals surface area contributed by atoms with Gasteiger partial charge in [-0.3, -0.25) is 0 Å². The summed E-state index contributed by atoms with van der Waals surface area (Å²) >= 11 is 6.03. The predicted octanol–water partition coefficient (Wildman–Crippen LogP) is 3.89. The van der Waals surface area contributed by atoms with Crippen molar-refractivity contribution >= 4 is 41.5 Å². The molecule has 1 aliphatic heterocycles. The van der Waals surface area contributed by atoms with Crippen LogP contribution in [0.1, 0.15) is 38.7 Å². The zero-order valence-electron chi connectivity index (χ0n) is 14.7. The summed E-state index contributed by atoms with van der Waals surface area (Å²) in [7, 11) is 0. The van der Waals surface area contributed by atoms with E-state index in [1.165, 1.54) is 38.9 Å². The van der Waals surface area contributed by atoms with E-state index in [-0.39, 0.29) is 24.0 Å². The molecular formula is C18H30ClIN4. The molecule has 0 atom stereocenters. The molecule has 0 radical (unpaired) electrons. The highest BCUT2D eigenvalue weighted by molar-refractivity contribution is 14.0. The first-order valence-electron chi connectivity index (χ1n) is 8.73. The Bertz CT molecular complexity index is 502. The van der Waals surface area contributed by atoms with Gasteiger partial charge >= 0.3 is 0 Å². The van der Waals surface area contributed by atoms with E-state index in [0.717, 1.165) is 23.1 Å². The van der Waals surface area contributed by atoms with E-state index in [4.69, 9.17) is 16.6 Å². The van der Waals surface area contributed by atoms with Crippen molar-refractivity contribution in [2.45, 2.75) is 45.7 Å². The van der Waals surface area contributed by atoms with Crippen LogP contribution in [0.25, 0.3) is 0 Å². The summed E-state index contributed by atoms with van der Waals surface area (Å²) in [6.07, 6.45) is 3.60. The van der Waals surface area contributed by atoms with Gasteiger partial charge in [-0.15, -0.1) is 24.0 Å². The fraction of sp³-hybridized carbons (Fsp3) is 0.611. The van der Waals surface area contributed by atoms with E-state index in [2.05, 4.69) is 35.4 Å². The minimum atomic E-state index is 0. The van der Waals surface area contributed by atoms with Gasteiger partial charge in [-0.2, -0.15) is 0 Å². The largest absolute Gasteiger partial charge is 0.357 e. The Morgan fingerprint density at radius 1 is 1.29 bits per heavy atom. The van der Waals surface area contributed by atoms with Crippen molar-refractivity contribution in [1.29, 1.82) is 0 Å². The maximum absolute atomic E-state index is 6.03. The molecule has 0 aliphatic carbocycles. The highest BCUT2D eigenvalue weighted by Crippen LogP contribution is 2.12. The van der Waals surface area contributed by atoms with Crippen LogP contribution in [0.5, 0.6) is 0 Å². The van der Waals surface area contributed by atoms with E-state index < -0.39 is 0 Å². The van der Waals surface area contributed by atoms with Crippen LogP contribution in [0.3, 0.4) is 0 Å². The van der Waals surface area contributed by atoms with Crippen molar-refractivity contribution in [3.8, 4) is 0 Å². The Labute approximate surface area is 168 Å². The SMILES string of the molecule is CCCN1CCC(NC(=NCc2cccc(Cl)c2)NCC)CC1.I. The summed E-state index contributed by atoms with van der Waals surface area (Å²) in [6, 6.07) is 8.40. The van der Waals surface area contributed by atoms with Gasteiger partial charge in [0.05, 0.1) is 6.54 Å². The molecule has 1 aromatic rings. The maximum atomic E-state index is 6.03. The van der Waals surface area contributed by atoms with Gasteiger partial charge in [-0.25, -0.2) is 4.99 Å². The third-order valence-corrected chi connectivity index (χ3v) is 4.36. The van der Waals surface area contributed by atoms with Crippen LogP contribution in [0, 0.1) is 0 Å². The van der Waals surface area contributed by atoms with E-state index in [0.29, 0.717) is 12.6 Å². The Balaban J connectivity index is 0.00000288. The lowest BCUT2D eigenvalue weighted by Gasteiger charge is -2.32. The fourth-order valence-electron chi connectivity index (χ4n) is 2.94. The molecule has 2 rings (SSSR count). The molecule has 1 fully saturated rings. The molecule has 0 amide bonds. The Kier molecular flexibility index (Phi) is 10.7. The zero-order chi connectivity index (χ0) is 16.5. The van der Waals surface area contributed by atoms with E-state index in [1.807, 2.05) is 18.2 Å². The molecular weight excluding hydrogens is 435 g/mol. The smallest absolute Gasteiger partial charge is 0.191 e. The van der Waals surface area contributed by atoms with E-state index in [1.54, 1.807) is 0 Å². The minimum Gasteiger partial charge on any atom is -0.357 e. The number of benzene rings is 1. The minimum absolute atomic E-state index is 0. The second kappa shape index (κ2) is 11.9. The number of likely N-dealkylation sites (tertiary alicyclic amines) is 1. The topological polar surface area (TPSA) is 39.7 Å². The Morgan fingerprint density at radius 2 is 2.04 bits per heavy atom. The van der Waals surface area contributed by atoms with Gasteiger partial charge in [0, 0.05) is 30.7 Å². The zero-order valence-corrected chi connectivity index (χ0v) is 17.8. The van der Waals surface area contributed by atoms with Crippen molar-refractivity contribution < 1.29 is 0 Å². The molecule has 0 saturated carbocycles. The second-order valence-electron chi connectivity index (χ2n) is 6.09. The summed E-state index contributed by atoms with van der Waals surface area (Å²) in [5.41, 5.74) is 1.13. The lowest BCUT2D eigenvalue weighted by molar-refractivity contribution is 0.206. The highest BCUT2D eigenvalue weighted by Gasteiger charge is 2.19. The van der Waals surface area contributed by atoms with Crippen LogP contribution in [0.15, 0.2) is 29.3 Å². The molecule has 2 N–H and O–H groups in total. The summed E-state index contributed by atoms with van der Waals surface area (Å²) in [6.45, 7) is 9.44. The Hall–Kier alpha value is -0.530. The number of nitrogens with one attached hydrogen (secondary N) is 2. The van der Waals surface area contributed by atoms with Crippen molar-refractivity contribution in [3.05, 3.63) is 34.9 Å². The van der Waals surface area contributed by atoms with Crippen LogP contribution >= 0.6 is 35.6 Å². The lowest BCUT2D eigenvalue weighted by atomic mass is 10.1. The van der Waals surface area contributed by atoms with Crippen molar-refractivity contribution in [2.75, 3.05) is 26.2 Å². The highest BCUT2D eigenvalue weighted by atomic mass is 127. The molecule has 1 heterocycles. The summed E-state index contributed by atoms with van der Waals surface area (Å²) < 4.78 is 0. The third-order valence-electron chi connectivity index (χ3n) is 4.12. The third kappa shape index (κ3) is 7.57. The molecule has 24 heavy (non-hydrogen) atoms. The van der Waals surface area contributed by atoms with Gasteiger partial charge in [0.2, 0.25) is 0 Å². The fourth-order valence-corrected chi connectivity index (χ4v) is 3.15. The molecule has 0 aromatic heterocycles. The number of hydrogen-bond acceptors (Lipinski definition) is 2. The van der Waals surface area contributed by atoms with E-state index in [9.17, 15) is 0 Å². The number of halogens is 2. The molecule has 136 valence electrons. The molecule has 4 nitrogen and oxygen atoms in total. The predicted molar refractivity (Wildman–Crippen MR) is 115 cm³/mol. The average molecular weight is 465 g/mol. The number of guanidine groups is 1. The molecule has 0 spiro atoms.